The van der Waals surface area contributed by atoms with Gasteiger partial charge in [0, 0.05) is 19.3 Å². The average Bonchev–Trinajstić information content (AvgIpc) is 2.21. The zero-order chi connectivity index (χ0) is 11.1. The van der Waals surface area contributed by atoms with E-state index in [0.29, 0.717) is 25.9 Å². The second-order valence-corrected chi connectivity index (χ2v) is 4.33. The molecular weight excluding hydrogens is 202 g/mol. The highest BCUT2D eigenvalue weighted by Gasteiger charge is 2.25. The molecule has 1 unspecified atom stereocenters. The van der Waals surface area contributed by atoms with E-state index in [1.807, 2.05) is 13.8 Å². The smallest absolute Gasteiger partial charge is 0.306 e. The van der Waals surface area contributed by atoms with Crippen molar-refractivity contribution in [3.05, 3.63) is 0 Å². The fraction of sp³-hybridized carbons (Fsp3) is 0.889. The first-order valence-corrected chi connectivity index (χ1v) is 6.44. The predicted molar refractivity (Wildman–Crippen MR) is 57.3 cm³/mol. The molecule has 4 nitrogen and oxygen atoms in total. The van der Waals surface area contributed by atoms with Crippen molar-refractivity contribution in [2.75, 3.05) is 19.3 Å². The minimum atomic E-state index is -0.940. The van der Waals surface area contributed by atoms with E-state index in [4.69, 9.17) is 5.11 Å². The lowest BCUT2D eigenvalue weighted by Gasteiger charge is -2.27. The molecule has 0 saturated carbocycles. The van der Waals surface area contributed by atoms with Crippen molar-refractivity contribution >= 4 is 17.0 Å². The molecule has 84 valence electrons. The third kappa shape index (κ3) is 4.19. The van der Waals surface area contributed by atoms with Crippen LogP contribution in [0.15, 0.2) is 0 Å². The van der Waals surface area contributed by atoms with E-state index in [-0.39, 0.29) is 5.92 Å². The molecule has 1 aliphatic heterocycles. The molecule has 0 aromatic heterocycles. The van der Waals surface area contributed by atoms with Crippen LogP contribution in [0, 0.1) is 5.92 Å². The van der Waals surface area contributed by atoms with Gasteiger partial charge in [0.15, 0.2) is 0 Å². The van der Waals surface area contributed by atoms with Gasteiger partial charge in [-0.25, -0.2) is 8.51 Å². The number of hydrogen-bond donors (Lipinski definition) is 1. The third-order valence-electron chi connectivity index (χ3n) is 2.17. The van der Waals surface area contributed by atoms with Crippen LogP contribution in [0.3, 0.4) is 0 Å². The van der Waals surface area contributed by atoms with E-state index in [1.165, 1.54) is 0 Å². The topological polar surface area (TPSA) is 57.6 Å². The molecule has 1 aliphatic rings. The maximum atomic E-state index is 11.0. The molecule has 1 heterocycles. The zero-order valence-corrected chi connectivity index (χ0v) is 9.84. The second kappa shape index (κ2) is 6.95. The van der Waals surface area contributed by atoms with Gasteiger partial charge in [0.2, 0.25) is 0 Å². The maximum absolute atomic E-state index is 11.0. The highest BCUT2D eigenvalue weighted by molar-refractivity contribution is 7.81. The SMILES string of the molecule is CC.CS(=O)N1CCC(C(=O)O)CC1. The molecule has 1 saturated heterocycles. The Hall–Kier alpha value is -0.420. The van der Waals surface area contributed by atoms with Gasteiger partial charge in [0.25, 0.3) is 0 Å². The van der Waals surface area contributed by atoms with Crippen molar-refractivity contribution in [1.82, 2.24) is 4.31 Å². The second-order valence-electron chi connectivity index (χ2n) is 2.97. The Kier molecular flexibility index (Phi) is 6.74. The van der Waals surface area contributed by atoms with Crippen LogP contribution >= 0.6 is 0 Å². The number of hydrogen-bond acceptors (Lipinski definition) is 2. The van der Waals surface area contributed by atoms with Crippen LogP contribution in [0.25, 0.3) is 0 Å². The Balaban J connectivity index is 0.000000791. The molecule has 0 amide bonds. The Bertz CT molecular complexity index is 178. The Morgan fingerprint density at radius 2 is 1.79 bits per heavy atom. The maximum Gasteiger partial charge on any atom is 0.306 e. The van der Waals surface area contributed by atoms with Crippen LogP contribution in [-0.4, -0.2) is 38.9 Å². The minimum Gasteiger partial charge on any atom is -0.481 e. The molecule has 1 N–H and O–H groups in total. The summed E-state index contributed by atoms with van der Waals surface area (Å²) >= 11 is 0. The molecule has 0 bridgehead atoms. The van der Waals surface area contributed by atoms with Gasteiger partial charge in [-0.2, -0.15) is 0 Å². The average molecular weight is 221 g/mol. The zero-order valence-electron chi connectivity index (χ0n) is 9.02. The first kappa shape index (κ1) is 13.6. The molecule has 1 fully saturated rings. The molecule has 0 aromatic carbocycles. The Morgan fingerprint density at radius 3 is 2.07 bits per heavy atom. The van der Waals surface area contributed by atoms with Crippen molar-refractivity contribution in [2.24, 2.45) is 5.92 Å². The molecule has 5 heteroatoms. The van der Waals surface area contributed by atoms with E-state index >= 15 is 0 Å². The summed E-state index contributed by atoms with van der Waals surface area (Å²) in [5.74, 6) is -0.957. The van der Waals surface area contributed by atoms with Gasteiger partial charge < -0.3 is 5.11 Å². The van der Waals surface area contributed by atoms with Gasteiger partial charge in [-0.1, -0.05) is 13.8 Å². The van der Waals surface area contributed by atoms with Crippen LogP contribution in [-0.2, 0) is 15.8 Å². The minimum absolute atomic E-state index is 0.232. The normalized spacial score (nSPS) is 20.8. The van der Waals surface area contributed by atoms with E-state index in [9.17, 15) is 9.00 Å². The van der Waals surface area contributed by atoms with Crippen LogP contribution in [0.2, 0.25) is 0 Å². The van der Waals surface area contributed by atoms with E-state index in [2.05, 4.69) is 0 Å². The Morgan fingerprint density at radius 1 is 1.36 bits per heavy atom. The van der Waals surface area contributed by atoms with Crippen molar-refractivity contribution in [2.45, 2.75) is 26.7 Å². The number of carboxylic acid groups (broad SMARTS) is 1. The van der Waals surface area contributed by atoms with Crippen molar-refractivity contribution in [3.8, 4) is 0 Å². The number of carbonyl (C=O) groups is 1. The number of piperidine rings is 1. The summed E-state index contributed by atoms with van der Waals surface area (Å²) in [4.78, 5) is 10.5. The standard InChI is InChI=1S/C7H13NO3S.C2H6/c1-12(11)8-4-2-6(3-5-8)7(9)10;1-2/h6H,2-5H2,1H3,(H,9,10);1-2H3. The molecule has 1 atom stereocenters. The first-order valence-electron chi connectivity index (χ1n) is 4.92. The summed E-state index contributed by atoms with van der Waals surface area (Å²) in [6.07, 6.45) is 2.87. The largest absolute Gasteiger partial charge is 0.481 e. The van der Waals surface area contributed by atoms with Crippen molar-refractivity contribution < 1.29 is 14.1 Å². The summed E-state index contributed by atoms with van der Waals surface area (Å²) in [7, 11) is -0.940. The van der Waals surface area contributed by atoms with Crippen LogP contribution in [0.1, 0.15) is 26.7 Å². The number of carboxylic acids is 1. The number of aliphatic carboxylic acids is 1. The monoisotopic (exact) mass is 221 g/mol. The fourth-order valence-corrected chi connectivity index (χ4v) is 2.08. The van der Waals surface area contributed by atoms with Crippen LogP contribution in [0.5, 0.6) is 0 Å². The van der Waals surface area contributed by atoms with Gasteiger partial charge >= 0.3 is 5.97 Å². The highest BCUT2D eigenvalue weighted by Crippen LogP contribution is 2.17. The lowest BCUT2D eigenvalue weighted by atomic mass is 9.99. The lowest BCUT2D eigenvalue weighted by molar-refractivity contribution is -0.142. The van der Waals surface area contributed by atoms with Gasteiger partial charge in [0.05, 0.1) is 16.9 Å². The number of nitrogens with zero attached hydrogens (tertiary/aromatic N) is 1. The first-order chi connectivity index (χ1) is 6.61. The van der Waals surface area contributed by atoms with E-state index in [1.54, 1.807) is 10.6 Å². The molecular formula is C9H19NO3S. The molecule has 14 heavy (non-hydrogen) atoms. The van der Waals surface area contributed by atoms with Crippen LogP contribution in [0.4, 0.5) is 0 Å². The predicted octanol–water partition coefficient (Wildman–Crippen LogP) is 1.10. The summed E-state index contributed by atoms with van der Waals surface area (Å²) in [5.41, 5.74) is 0. The molecule has 1 rings (SSSR count). The van der Waals surface area contributed by atoms with Gasteiger partial charge in [-0.05, 0) is 12.8 Å². The van der Waals surface area contributed by atoms with Gasteiger partial charge in [0.1, 0.15) is 0 Å². The summed E-state index contributed by atoms with van der Waals surface area (Å²) in [6, 6.07) is 0. The quantitative estimate of drug-likeness (QED) is 0.759. The highest BCUT2D eigenvalue weighted by atomic mass is 32.2. The van der Waals surface area contributed by atoms with E-state index in [0.717, 1.165) is 0 Å². The molecule has 0 aliphatic carbocycles. The number of rotatable bonds is 2. The Labute approximate surface area is 87.9 Å². The van der Waals surface area contributed by atoms with Crippen molar-refractivity contribution in [3.63, 3.8) is 0 Å². The summed E-state index contributed by atoms with van der Waals surface area (Å²) < 4.78 is 12.8. The summed E-state index contributed by atoms with van der Waals surface area (Å²) in [6.45, 7) is 5.28. The summed E-state index contributed by atoms with van der Waals surface area (Å²) in [5, 5.41) is 8.67. The molecule has 0 spiro atoms. The lowest BCUT2D eigenvalue weighted by Crippen LogP contribution is -2.36. The van der Waals surface area contributed by atoms with Gasteiger partial charge in [-0.3, -0.25) is 4.79 Å². The fourth-order valence-electron chi connectivity index (χ4n) is 1.36. The van der Waals surface area contributed by atoms with Gasteiger partial charge in [-0.15, -0.1) is 0 Å². The van der Waals surface area contributed by atoms with Crippen molar-refractivity contribution in [1.29, 1.82) is 0 Å². The third-order valence-corrected chi connectivity index (χ3v) is 3.26. The van der Waals surface area contributed by atoms with Crippen LogP contribution < -0.4 is 0 Å². The molecule has 0 radical (unpaired) electrons. The molecule has 0 aromatic rings. The van der Waals surface area contributed by atoms with E-state index < -0.39 is 17.0 Å².